The van der Waals surface area contributed by atoms with Gasteiger partial charge in [0.25, 0.3) is 5.91 Å². The Kier molecular flexibility index (Phi) is 3.32. The molecular formula is C11H17NOS. The maximum Gasteiger partial charge on any atom is 0.261 e. The first kappa shape index (κ1) is 11.2. The molecule has 78 valence electrons. The second kappa shape index (κ2) is 4.13. The van der Waals surface area contributed by atoms with Crippen LogP contribution < -0.4 is 5.32 Å². The standard InChI is InChI=1S/C11H17NOS/c1-5-11(3,4)12-10(13)9-7-6-8(2)14-9/h6-7H,5H2,1-4H3,(H,12,13). The number of carbonyl (C=O) groups excluding carboxylic acids is 1. The van der Waals surface area contributed by atoms with E-state index in [-0.39, 0.29) is 11.4 Å². The molecular weight excluding hydrogens is 194 g/mol. The monoisotopic (exact) mass is 211 g/mol. The van der Waals surface area contributed by atoms with Crippen LogP contribution in [0.2, 0.25) is 0 Å². The molecule has 0 aliphatic rings. The van der Waals surface area contributed by atoms with Crippen molar-refractivity contribution in [1.82, 2.24) is 5.32 Å². The topological polar surface area (TPSA) is 29.1 Å². The molecule has 0 radical (unpaired) electrons. The lowest BCUT2D eigenvalue weighted by molar-refractivity contribution is 0.0915. The van der Waals surface area contributed by atoms with Gasteiger partial charge in [0.2, 0.25) is 0 Å². The third-order valence-corrected chi connectivity index (χ3v) is 3.30. The lowest BCUT2D eigenvalue weighted by atomic mass is 10.0. The molecule has 1 amide bonds. The lowest BCUT2D eigenvalue weighted by Gasteiger charge is -2.23. The molecule has 1 aromatic heterocycles. The van der Waals surface area contributed by atoms with E-state index in [1.165, 1.54) is 16.2 Å². The average molecular weight is 211 g/mol. The van der Waals surface area contributed by atoms with Gasteiger partial charge in [-0.15, -0.1) is 11.3 Å². The van der Waals surface area contributed by atoms with Gasteiger partial charge >= 0.3 is 0 Å². The average Bonchev–Trinajstić information content (AvgIpc) is 2.51. The number of carbonyl (C=O) groups is 1. The van der Waals surface area contributed by atoms with Gasteiger partial charge in [-0.05, 0) is 39.3 Å². The van der Waals surface area contributed by atoms with E-state index in [1.807, 2.05) is 32.9 Å². The molecule has 0 saturated carbocycles. The maximum atomic E-state index is 11.7. The number of aryl methyl sites for hydroxylation is 1. The number of thiophene rings is 1. The Bertz CT molecular complexity index is 328. The molecule has 3 heteroatoms. The Morgan fingerprint density at radius 3 is 2.57 bits per heavy atom. The summed E-state index contributed by atoms with van der Waals surface area (Å²) >= 11 is 1.53. The van der Waals surface area contributed by atoms with Crippen LogP contribution >= 0.6 is 11.3 Å². The van der Waals surface area contributed by atoms with Gasteiger partial charge in [0.15, 0.2) is 0 Å². The molecule has 1 rings (SSSR count). The molecule has 1 aromatic rings. The highest BCUT2D eigenvalue weighted by molar-refractivity contribution is 7.13. The molecule has 0 atom stereocenters. The molecule has 0 unspecified atom stereocenters. The smallest absolute Gasteiger partial charge is 0.261 e. The fourth-order valence-corrected chi connectivity index (χ4v) is 1.78. The first-order chi connectivity index (χ1) is 6.44. The minimum atomic E-state index is -0.116. The summed E-state index contributed by atoms with van der Waals surface area (Å²) in [5.74, 6) is 0.0370. The van der Waals surface area contributed by atoms with Gasteiger partial charge in [0, 0.05) is 10.4 Å². The van der Waals surface area contributed by atoms with Crippen LogP contribution in [0, 0.1) is 6.92 Å². The van der Waals surface area contributed by atoms with Crippen LogP contribution in [-0.2, 0) is 0 Å². The van der Waals surface area contributed by atoms with Crippen molar-refractivity contribution in [3.8, 4) is 0 Å². The second-order valence-electron chi connectivity index (χ2n) is 4.10. The number of amides is 1. The highest BCUT2D eigenvalue weighted by atomic mass is 32.1. The van der Waals surface area contributed by atoms with Crippen LogP contribution in [0.4, 0.5) is 0 Å². The maximum absolute atomic E-state index is 11.7. The fraction of sp³-hybridized carbons (Fsp3) is 0.545. The van der Waals surface area contributed by atoms with Crippen molar-refractivity contribution < 1.29 is 4.79 Å². The largest absolute Gasteiger partial charge is 0.346 e. The van der Waals surface area contributed by atoms with Crippen LogP contribution in [0.25, 0.3) is 0 Å². The minimum absolute atomic E-state index is 0.0370. The Hall–Kier alpha value is -0.830. The molecule has 0 aliphatic carbocycles. The summed E-state index contributed by atoms with van der Waals surface area (Å²) in [6.07, 6.45) is 0.934. The summed E-state index contributed by atoms with van der Waals surface area (Å²) < 4.78 is 0. The molecule has 0 saturated heterocycles. The summed E-state index contributed by atoms with van der Waals surface area (Å²) in [7, 11) is 0. The van der Waals surface area contributed by atoms with Crippen molar-refractivity contribution in [1.29, 1.82) is 0 Å². The van der Waals surface area contributed by atoms with Crippen LogP contribution in [0.5, 0.6) is 0 Å². The van der Waals surface area contributed by atoms with E-state index in [0.29, 0.717) is 0 Å². The number of rotatable bonds is 3. The summed E-state index contributed by atoms with van der Waals surface area (Å²) in [5, 5.41) is 3.01. The highest BCUT2D eigenvalue weighted by Gasteiger charge is 2.19. The quantitative estimate of drug-likeness (QED) is 0.818. The highest BCUT2D eigenvalue weighted by Crippen LogP contribution is 2.16. The Balaban J connectivity index is 2.68. The van der Waals surface area contributed by atoms with Crippen molar-refractivity contribution in [2.45, 2.75) is 39.7 Å². The van der Waals surface area contributed by atoms with E-state index < -0.39 is 0 Å². The molecule has 0 bridgehead atoms. The predicted molar refractivity (Wildman–Crippen MR) is 60.9 cm³/mol. The zero-order valence-electron chi connectivity index (χ0n) is 9.18. The molecule has 14 heavy (non-hydrogen) atoms. The number of nitrogens with one attached hydrogen (secondary N) is 1. The summed E-state index contributed by atoms with van der Waals surface area (Å²) in [5.41, 5.74) is -0.116. The normalized spacial score (nSPS) is 11.4. The Morgan fingerprint density at radius 2 is 2.14 bits per heavy atom. The Morgan fingerprint density at radius 1 is 1.50 bits per heavy atom. The molecule has 2 nitrogen and oxygen atoms in total. The molecule has 0 aliphatic heterocycles. The van der Waals surface area contributed by atoms with Crippen molar-refractivity contribution in [3.05, 3.63) is 21.9 Å². The van der Waals surface area contributed by atoms with Crippen molar-refractivity contribution >= 4 is 17.2 Å². The van der Waals surface area contributed by atoms with E-state index in [9.17, 15) is 4.79 Å². The first-order valence-corrected chi connectivity index (χ1v) is 5.65. The summed E-state index contributed by atoms with van der Waals surface area (Å²) in [6, 6.07) is 3.85. The van der Waals surface area contributed by atoms with Crippen LogP contribution in [0.15, 0.2) is 12.1 Å². The zero-order chi connectivity index (χ0) is 10.8. The van der Waals surface area contributed by atoms with Gasteiger partial charge in [-0.3, -0.25) is 4.79 Å². The van der Waals surface area contributed by atoms with Gasteiger partial charge < -0.3 is 5.32 Å². The second-order valence-corrected chi connectivity index (χ2v) is 5.39. The van der Waals surface area contributed by atoms with Gasteiger partial charge in [0.1, 0.15) is 0 Å². The van der Waals surface area contributed by atoms with Crippen molar-refractivity contribution in [2.24, 2.45) is 0 Å². The van der Waals surface area contributed by atoms with Crippen molar-refractivity contribution in [3.63, 3.8) is 0 Å². The predicted octanol–water partition coefficient (Wildman–Crippen LogP) is 2.97. The van der Waals surface area contributed by atoms with E-state index in [1.54, 1.807) is 0 Å². The molecule has 0 spiro atoms. The minimum Gasteiger partial charge on any atom is -0.346 e. The summed E-state index contributed by atoms with van der Waals surface area (Å²) in [4.78, 5) is 13.7. The van der Waals surface area contributed by atoms with Crippen LogP contribution in [0.1, 0.15) is 41.7 Å². The SMILES string of the molecule is CCC(C)(C)NC(=O)c1ccc(C)s1. The van der Waals surface area contributed by atoms with Crippen LogP contribution in [-0.4, -0.2) is 11.4 Å². The van der Waals surface area contributed by atoms with Gasteiger partial charge in [0.05, 0.1) is 4.88 Å². The third-order valence-electron chi connectivity index (χ3n) is 2.30. The molecule has 1 N–H and O–H groups in total. The van der Waals surface area contributed by atoms with E-state index in [2.05, 4.69) is 12.2 Å². The van der Waals surface area contributed by atoms with Gasteiger partial charge in [-0.1, -0.05) is 6.92 Å². The van der Waals surface area contributed by atoms with E-state index in [4.69, 9.17) is 0 Å². The molecule has 1 heterocycles. The molecule has 0 aromatic carbocycles. The Labute approximate surface area is 89.3 Å². The van der Waals surface area contributed by atoms with Gasteiger partial charge in [-0.2, -0.15) is 0 Å². The molecule has 0 fully saturated rings. The third kappa shape index (κ3) is 2.84. The van der Waals surface area contributed by atoms with Crippen molar-refractivity contribution in [2.75, 3.05) is 0 Å². The van der Waals surface area contributed by atoms with E-state index in [0.717, 1.165) is 11.3 Å². The summed E-state index contributed by atoms with van der Waals surface area (Å²) in [6.45, 7) is 8.14. The van der Waals surface area contributed by atoms with E-state index >= 15 is 0 Å². The first-order valence-electron chi connectivity index (χ1n) is 4.83. The number of hydrogen-bond acceptors (Lipinski definition) is 2. The number of hydrogen-bond donors (Lipinski definition) is 1. The lowest BCUT2D eigenvalue weighted by Crippen LogP contribution is -2.42. The zero-order valence-corrected chi connectivity index (χ0v) is 9.99. The van der Waals surface area contributed by atoms with Crippen LogP contribution in [0.3, 0.4) is 0 Å². The van der Waals surface area contributed by atoms with Gasteiger partial charge in [-0.25, -0.2) is 0 Å². The fourth-order valence-electron chi connectivity index (χ4n) is 1.01.